The molecule has 0 aliphatic carbocycles. The smallest absolute Gasteiger partial charge is 0.160 e. The van der Waals surface area contributed by atoms with Crippen molar-refractivity contribution in [3.8, 4) is 0 Å². The molecule has 0 unspecified atom stereocenters. The first kappa shape index (κ1) is 7.88. The van der Waals surface area contributed by atoms with E-state index in [0.717, 1.165) is 0 Å². The second-order valence-corrected chi connectivity index (χ2v) is 5.54. The standard InChI is InChI=1S/C4H9N4PS/c5-9(6,10)8-3-1-2-7-4-8/h1-3H,4H2,(H4,5,6,10). The molecule has 1 rings (SSSR count). The first-order valence-corrected chi connectivity index (χ1v) is 5.61. The molecule has 6 heteroatoms. The Morgan fingerprint density at radius 1 is 1.60 bits per heavy atom. The lowest BCUT2D eigenvalue weighted by molar-refractivity contribution is 0.614. The molecular formula is C4H9N4PS. The summed E-state index contributed by atoms with van der Waals surface area (Å²) in [6, 6.07) is 0. The molecule has 0 radical (unpaired) electrons. The van der Waals surface area contributed by atoms with Crippen LogP contribution in [0.4, 0.5) is 0 Å². The van der Waals surface area contributed by atoms with Crippen molar-refractivity contribution in [1.29, 1.82) is 0 Å². The van der Waals surface area contributed by atoms with Gasteiger partial charge in [-0.2, -0.15) is 0 Å². The summed E-state index contributed by atoms with van der Waals surface area (Å²) in [5.41, 5.74) is 11.0. The van der Waals surface area contributed by atoms with Crippen molar-refractivity contribution in [2.24, 2.45) is 16.0 Å². The molecule has 0 amide bonds. The number of aliphatic imine (C=N–C) groups is 1. The molecule has 1 aliphatic heterocycles. The summed E-state index contributed by atoms with van der Waals surface area (Å²) >= 11 is 4.87. The van der Waals surface area contributed by atoms with Gasteiger partial charge in [0.2, 0.25) is 0 Å². The third kappa shape index (κ3) is 1.88. The molecule has 1 heterocycles. The summed E-state index contributed by atoms with van der Waals surface area (Å²) in [5, 5.41) is 0. The Hall–Kier alpha value is -0.220. The highest BCUT2D eigenvalue weighted by Gasteiger charge is 2.11. The van der Waals surface area contributed by atoms with Crippen molar-refractivity contribution in [2.45, 2.75) is 0 Å². The van der Waals surface area contributed by atoms with Crippen LogP contribution in [-0.4, -0.2) is 17.6 Å². The zero-order valence-electron chi connectivity index (χ0n) is 5.34. The van der Waals surface area contributed by atoms with E-state index in [0.29, 0.717) is 6.67 Å². The zero-order chi connectivity index (χ0) is 7.61. The molecule has 0 aromatic carbocycles. The van der Waals surface area contributed by atoms with E-state index in [1.807, 2.05) is 0 Å². The van der Waals surface area contributed by atoms with Crippen LogP contribution in [0.2, 0.25) is 0 Å². The Morgan fingerprint density at radius 2 is 2.30 bits per heavy atom. The molecule has 56 valence electrons. The highest BCUT2D eigenvalue weighted by molar-refractivity contribution is 8.11. The third-order valence-corrected chi connectivity index (χ3v) is 2.77. The maximum atomic E-state index is 5.51. The van der Waals surface area contributed by atoms with Crippen LogP contribution in [0.1, 0.15) is 0 Å². The Bertz CT molecular complexity index is 217. The van der Waals surface area contributed by atoms with Crippen LogP contribution < -0.4 is 11.0 Å². The molecule has 0 spiro atoms. The summed E-state index contributed by atoms with van der Waals surface area (Å²) < 4.78 is 1.68. The van der Waals surface area contributed by atoms with Gasteiger partial charge in [0.15, 0.2) is 6.49 Å². The predicted octanol–water partition coefficient (Wildman–Crippen LogP) is -0.0141. The maximum absolute atomic E-state index is 5.51. The van der Waals surface area contributed by atoms with Crippen LogP contribution in [0.5, 0.6) is 0 Å². The Morgan fingerprint density at radius 3 is 2.60 bits per heavy atom. The van der Waals surface area contributed by atoms with Crippen molar-refractivity contribution in [3.05, 3.63) is 12.3 Å². The molecule has 4 N–H and O–H groups in total. The molecule has 0 saturated carbocycles. The fourth-order valence-electron chi connectivity index (χ4n) is 0.580. The predicted molar refractivity (Wildman–Crippen MR) is 47.0 cm³/mol. The minimum Gasteiger partial charge on any atom is -0.308 e. The first-order chi connectivity index (χ1) is 4.61. The van der Waals surface area contributed by atoms with Crippen molar-refractivity contribution >= 4 is 24.5 Å². The van der Waals surface area contributed by atoms with Gasteiger partial charge in [-0.25, -0.2) is 0 Å². The molecule has 1 aliphatic rings. The summed E-state index contributed by atoms with van der Waals surface area (Å²) in [6.45, 7) is -1.79. The number of rotatable bonds is 1. The van der Waals surface area contributed by atoms with Gasteiger partial charge in [0, 0.05) is 12.4 Å². The lowest BCUT2D eigenvalue weighted by atomic mass is 10.6. The van der Waals surface area contributed by atoms with Gasteiger partial charge in [-0.3, -0.25) is 16.0 Å². The number of nitrogens with two attached hydrogens (primary N) is 2. The van der Waals surface area contributed by atoms with Crippen molar-refractivity contribution < 1.29 is 0 Å². The normalized spacial score (nSPS) is 18.0. The lowest BCUT2D eigenvalue weighted by Crippen LogP contribution is -2.25. The van der Waals surface area contributed by atoms with Crippen molar-refractivity contribution in [1.82, 2.24) is 4.67 Å². The summed E-state index contributed by atoms with van der Waals surface area (Å²) in [5.74, 6) is 0. The maximum Gasteiger partial charge on any atom is 0.160 e. The summed E-state index contributed by atoms with van der Waals surface area (Å²) in [6.07, 6.45) is 5.24. The Labute approximate surface area is 64.8 Å². The molecule has 10 heavy (non-hydrogen) atoms. The van der Waals surface area contributed by atoms with E-state index in [9.17, 15) is 0 Å². The summed E-state index contributed by atoms with van der Waals surface area (Å²) in [7, 11) is 0. The van der Waals surface area contributed by atoms with Crippen molar-refractivity contribution in [2.75, 3.05) is 6.67 Å². The summed E-state index contributed by atoms with van der Waals surface area (Å²) in [4.78, 5) is 3.94. The molecular weight excluding hydrogens is 167 g/mol. The molecule has 4 nitrogen and oxygen atoms in total. The minimum atomic E-state index is -2.28. The van der Waals surface area contributed by atoms with E-state index in [1.165, 1.54) is 0 Å². The average Bonchev–Trinajstić information content (AvgIpc) is 1.88. The van der Waals surface area contributed by atoms with Crippen LogP contribution in [0.25, 0.3) is 0 Å². The molecule has 0 fully saturated rings. The third-order valence-electron chi connectivity index (χ3n) is 1.08. The number of hydrogen-bond acceptors (Lipinski definition) is 2. The van der Waals surface area contributed by atoms with Gasteiger partial charge in [0.25, 0.3) is 0 Å². The van der Waals surface area contributed by atoms with Crippen LogP contribution >= 0.6 is 6.49 Å². The number of nitrogens with zero attached hydrogens (tertiary/aromatic N) is 2. The van der Waals surface area contributed by atoms with Gasteiger partial charge in [-0.1, -0.05) is 0 Å². The van der Waals surface area contributed by atoms with Crippen LogP contribution in [-0.2, 0) is 11.8 Å². The second-order valence-electron chi connectivity index (χ2n) is 1.93. The molecule has 0 aromatic rings. The van der Waals surface area contributed by atoms with Gasteiger partial charge in [0.05, 0.1) is 0 Å². The average molecular weight is 176 g/mol. The Balaban J connectivity index is 2.69. The van der Waals surface area contributed by atoms with E-state index in [4.69, 9.17) is 22.8 Å². The zero-order valence-corrected chi connectivity index (χ0v) is 7.05. The minimum absolute atomic E-state index is 0.487. The molecule has 0 atom stereocenters. The van der Waals surface area contributed by atoms with E-state index in [-0.39, 0.29) is 0 Å². The highest BCUT2D eigenvalue weighted by Crippen LogP contribution is 2.32. The topological polar surface area (TPSA) is 67.6 Å². The molecule has 0 aromatic heterocycles. The van der Waals surface area contributed by atoms with Gasteiger partial charge < -0.3 is 4.67 Å². The first-order valence-electron chi connectivity index (χ1n) is 2.71. The van der Waals surface area contributed by atoms with E-state index in [1.54, 1.807) is 23.2 Å². The fourth-order valence-corrected chi connectivity index (χ4v) is 1.45. The van der Waals surface area contributed by atoms with E-state index >= 15 is 0 Å². The van der Waals surface area contributed by atoms with Crippen molar-refractivity contribution in [3.63, 3.8) is 0 Å². The molecule has 0 bridgehead atoms. The quantitative estimate of drug-likeness (QED) is 0.551. The van der Waals surface area contributed by atoms with E-state index in [2.05, 4.69) is 4.99 Å². The fraction of sp³-hybridized carbons (Fsp3) is 0.250. The SMILES string of the molecule is NP(N)(=S)N1C=CC=NC1. The molecule has 0 saturated heterocycles. The van der Waals surface area contributed by atoms with Gasteiger partial charge in [-0.05, 0) is 17.9 Å². The van der Waals surface area contributed by atoms with Gasteiger partial charge in [0.1, 0.15) is 6.67 Å². The highest BCUT2D eigenvalue weighted by atomic mass is 32.4. The number of hydrogen-bond donors (Lipinski definition) is 2. The van der Waals surface area contributed by atoms with Gasteiger partial charge >= 0.3 is 0 Å². The van der Waals surface area contributed by atoms with Crippen LogP contribution in [0, 0.1) is 0 Å². The number of allylic oxidation sites excluding steroid dienone is 1. The van der Waals surface area contributed by atoms with E-state index < -0.39 is 6.49 Å². The van der Waals surface area contributed by atoms with Crippen LogP contribution in [0.15, 0.2) is 17.3 Å². The largest absolute Gasteiger partial charge is 0.308 e. The second kappa shape index (κ2) is 2.80. The van der Waals surface area contributed by atoms with Crippen LogP contribution in [0.3, 0.4) is 0 Å². The Kier molecular flexibility index (Phi) is 2.21. The monoisotopic (exact) mass is 176 g/mol. The van der Waals surface area contributed by atoms with Gasteiger partial charge in [-0.15, -0.1) is 0 Å². The lowest BCUT2D eigenvalue weighted by Gasteiger charge is -2.26.